The second-order valence-electron chi connectivity index (χ2n) is 7.56. The molecule has 126 valence electrons. The van der Waals surface area contributed by atoms with Crippen LogP contribution in [0.5, 0.6) is 0 Å². The number of likely N-dealkylation sites (tertiary alicyclic amines) is 1. The lowest BCUT2D eigenvalue weighted by molar-refractivity contribution is -0.130. The molecule has 0 radical (unpaired) electrons. The maximum absolute atomic E-state index is 12.6. The molecule has 2 heterocycles. The number of H-pyrrole nitrogens is 2. The maximum Gasteiger partial charge on any atom is 0.325 e. The summed E-state index contributed by atoms with van der Waals surface area (Å²) in [4.78, 5) is 41.7. The molecule has 1 aromatic rings. The van der Waals surface area contributed by atoms with E-state index in [0.29, 0.717) is 25.6 Å². The number of nitrogens with zero attached hydrogens (tertiary/aromatic N) is 1. The number of fused-ring (bicyclic) bond motifs is 1. The van der Waals surface area contributed by atoms with Crippen molar-refractivity contribution < 1.29 is 9.53 Å². The van der Waals surface area contributed by atoms with Crippen LogP contribution < -0.4 is 11.2 Å². The Bertz CT molecular complexity index is 735. The first-order chi connectivity index (χ1) is 10.8. The fourth-order valence-corrected chi connectivity index (χ4v) is 4.64. The number of carbonyl (C=O) groups excluding carboxylic acids is 1. The summed E-state index contributed by atoms with van der Waals surface area (Å²) in [5.41, 5.74) is -0.523. The van der Waals surface area contributed by atoms with Crippen molar-refractivity contribution in [3.8, 4) is 0 Å². The Kier molecular flexibility index (Phi) is 3.71. The van der Waals surface area contributed by atoms with Crippen molar-refractivity contribution in [1.29, 1.82) is 0 Å². The molecule has 0 spiro atoms. The van der Waals surface area contributed by atoms with Gasteiger partial charge in [0.15, 0.2) is 0 Å². The number of hydrogen-bond donors (Lipinski definition) is 2. The molecule has 23 heavy (non-hydrogen) atoms. The molecule has 7 heteroatoms. The number of amides is 1. The second kappa shape index (κ2) is 5.33. The van der Waals surface area contributed by atoms with E-state index in [1.807, 2.05) is 4.90 Å². The monoisotopic (exact) mass is 321 g/mol. The summed E-state index contributed by atoms with van der Waals surface area (Å²) in [5.74, 6) is 0.344. The summed E-state index contributed by atoms with van der Waals surface area (Å²) in [6, 6.07) is 0. The van der Waals surface area contributed by atoms with Crippen molar-refractivity contribution in [2.75, 3.05) is 26.8 Å². The number of nitrogens with one attached hydrogen (secondary N) is 2. The number of rotatable bonds is 4. The molecule has 0 bridgehead atoms. The smallest absolute Gasteiger partial charge is 0.325 e. The molecule has 0 unspecified atom stereocenters. The van der Waals surface area contributed by atoms with Gasteiger partial charge in [0, 0.05) is 37.4 Å². The quantitative estimate of drug-likeness (QED) is 0.824. The number of aromatic nitrogens is 2. The van der Waals surface area contributed by atoms with Crippen LogP contribution in [0.1, 0.15) is 25.8 Å². The summed E-state index contributed by atoms with van der Waals surface area (Å²) in [5, 5.41) is 0. The summed E-state index contributed by atoms with van der Waals surface area (Å²) in [7, 11) is 1.70. The molecule has 1 aliphatic heterocycles. The highest BCUT2D eigenvalue weighted by molar-refractivity contribution is 5.79. The molecule has 3 rings (SSSR count). The third kappa shape index (κ3) is 2.63. The topological polar surface area (TPSA) is 95.3 Å². The van der Waals surface area contributed by atoms with Gasteiger partial charge in [-0.3, -0.25) is 14.6 Å². The lowest BCUT2D eigenvalue weighted by Crippen LogP contribution is -2.55. The molecule has 1 saturated heterocycles. The molecule has 2 fully saturated rings. The number of hydrogen-bond acceptors (Lipinski definition) is 4. The molecule has 2 aliphatic rings. The van der Waals surface area contributed by atoms with Crippen LogP contribution in [-0.4, -0.2) is 47.6 Å². The number of carbonyl (C=O) groups is 1. The summed E-state index contributed by atoms with van der Waals surface area (Å²) >= 11 is 0. The number of aromatic amines is 2. The van der Waals surface area contributed by atoms with Crippen molar-refractivity contribution in [3.63, 3.8) is 0 Å². The zero-order valence-electron chi connectivity index (χ0n) is 13.8. The maximum atomic E-state index is 12.6. The van der Waals surface area contributed by atoms with E-state index in [4.69, 9.17) is 4.74 Å². The Morgan fingerprint density at radius 2 is 2.17 bits per heavy atom. The minimum absolute atomic E-state index is 0.00231. The molecule has 2 N–H and O–H groups in total. The van der Waals surface area contributed by atoms with Gasteiger partial charge in [0.05, 0.1) is 13.0 Å². The lowest BCUT2D eigenvalue weighted by atomic mass is 9.48. The standard InChI is InChI=1S/C16H23N3O4/c1-15(2)7-16(9-23-3)8-19(6-11(15)16)12(20)4-10-5-17-14(22)18-13(10)21/h5,11H,4,6-9H2,1-3H3,(H2,17,18,21,22)/t11-,16-/m1/s1. The van der Waals surface area contributed by atoms with Crippen LogP contribution in [0, 0.1) is 16.7 Å². The first-order valence-corrected chi connectivity index (χ1v) is 7.85. The second-order valence-corrected chi connectivity index (χ2v) is 7.56. The van der Waals surface area contributed by atoms with Crippen LogP contribution in [0.2, 0.25) is 0 Å². The zero-order chi connectivity index (χ0) is 16.8. The Labute approximate surface area is 134 Å². The molecular weight excluding hydrogens is 298 g/mol. The van der Waals surface area contributed by atoms with Gasteiger partial charge in [-0.15, -0.1) is 0 Å². The fourth-order valence-electron chi connectivity index (χ4n) is 4.64. The minimum atomic E-state index is -0.564. The van der Waals surface area contributed by atoms with Gasteiger partial charge in [-0.25, -0.2) is 4.79 Å². The Hall–Kier alpha value is -1.89. The van der Waals surface area contributed by atoms with Crippen LogP contribution >= 0.6 is 0 Å². The highest BCUT2D eigenvalue weighted by atomic mass is 16.5. The third-order valence-corrected chi connectivity index (χ3v) is 5.42. The lowest BCUT2D eigenvalue weighted by Gasteiger charge is -2.56. The first kappa shape index (κ1) is 16.0. The van der Waals surface area contributed by atoms with E-state index in [1.165, 1.54) is 6.20 Å². The van der Waals surface area contributed by atoms with Crippen molar-refractivity contribution in [1.82, 2.24) is 14.9 Å². The molecular formula is C16H23N3O4. The van der Waals surface area contributed by atoms with Gasteiger partial charge in [-0.05, 0) is 17.8 Å². The summed E-state index contributed by atoms with van der Waals surface area (Å²) < 4.78 is 5.39. The largest absolute Gasteiger partial charge is 0.384 e. The van der Waals surface area contributed by atoms with E-state index in [9.17, 15) is 14.4 Å². The average Bonchev–Trinajstić information content (AvgIpc) is 2.77. The molecule has 7 nitrogen and oxygen atoms in total. The van der Waals surface area contributed by atoms with Gasteiger partial charge >= 0.3 is 5.69 Å². The Morgan fingerprint density at radius 1 is 1.43 bits per heavy atom. The van der Waals surface area contributed by atoms with Gasteiger partial charge in [0.25, 0.3) is 5.56 Å². The molecule has 2 atom stereocenters. The zero-order valence-corrected chi connectivity index (χ0v) is 13.8. The highest BCUT2D eigenvalue weighted by Gasteiger charge is 2.63. The summed E-state index contributed by atoms with van der Waals surface area (Å²) in [6.45, 7) is 6.49. The Morgan fingerprint density at radius 3 is 2.78 bits per heavy atom. The van der Waals surface area contributed by atoms with Crippen LogP contribution in [0.15, 0.2) is 15.8 Å². The SMILES string of the molecule is COC[C@@]12CN(C(=O)Cc3c[nH]c(=O)[nH]c3=O)C[C@@H]1C(C)(C)C2. The van der Waals surface area contributed by atoms with Gasteiger partial charge in [-0.2, -0.15) is 0 Å². The average molecular weight is 321 g/mol. The van der Waals surface area contributed by atoms with Crippen LogP contribution in [-0.2, 0) is 16.0 Å². The van der Waals surface area contributed by atoms with Crippen LogP contribution in [0.3, 0.4) is 0 Å². The highest BCUT2D eigenvalue weighted by Crippen LogP contribution is 2.62. The Balaban J connectivity index is 1.74. The van der Waals surface area contributed by atoms with Gasteiger partial charge in [0.1, 0.15) is 0 Å². The van der Waals surface area contributed by atoms with E-state index < -0.39 is 11.2 Å². The van der Waals surface area contributed by atoms with Crippen molar-refractivity contribution in [2.24, 2.45) is 16.7 Å². The van der Waals surface area contributed by atoms with Gasteiger partial charge < -0.3 is 14.6 Å². The van der Waals surface area contributed by atoms with Gasteiger partial charge in [0.2, 0.25) is 5.91 Å². The van der Waals surface area contributed by atoms with E-state index >= 15 is 0 Å². The summed E-state index contributed by atoms with van der Waals surface area (Å²) in [6.07, 6.45) is 2.36. The normalized spacial score (nSPS) is 28.3. The van der Waals surface area contributed by atoms with E-state index in [1.54, 1.807) is 7.11 Å². The number of ether oxygens (including phenoxy) is 1. The van der Waals surface area contributed by atoms with Gasteiger partial charge in [-0.1, -0.05) is 13.8 Å². The molecule has 1 aliphatic carbocycles. The van der Waals surface area contributed by atoms with Crippen molar-refractivity contribution >= 4 is 5.91 Å². The molecule has 1 aromatic heterocycles. The predicted octanol–water partition coefficient (Wildman–Crippen LogP) is 0.127. The van der Waals surface area contributed by atoms with E-state index in [-0.39, 0.29) is 28.7 Å². The van der Waals surface area contributed by atoms with Crippen LogP contribution in [0.25, 0.3) is 0 Å². The van der Waals surface area contributed by atoms with Crippen molar-refractivity contribution in [2.45, 2.75) is 26.7 Å². The van der Waals surface area contributed by atoms with Crippen LogP contribution in [0.4, 0.5) is 0 Å². The van der Waals surface area contributed by atoms with E-state index in [2.05, 4.69) is 23.8 Å². The molecule has 1 amide bonds. The van der Waals surface area contributed by atoms with E-state index in [0.717, 1.165) is 6.42 Å². The third-order valence-electron chi connectivity index (χ3n) is 5.42. The predicted molar refractivity (Wildman–Crippen MR) is 84.2 cm³/mol. The van der Waals surface area contributed by atoms with Crippen molar-refractivity contribution in [3.05, 3.63) is 32.6 Å². The fraction of sp³-hybridized carbons (Fsp3) is 0.688. The minimum Gasteiger partial charge on any atom is -0.384 e. The number of methoxy groups -OCH3 is 1. The molecule has 0 aromatic carbocycles. The first-order valence-electron chi connectivity index (χ1n) is 7.85. The molecule has 1 saturated carbocycles.